The highest BCUT2D eigenvalue weighted by atomic mass is 16.5. The van der Waals surface area contributed by atoms with E-state index in [4.69, 9.17) is 9.84 Å². The highest BCUT2D eigenvalue weighted by molar-refractivity contribution is 5.89. The van der Waals surface area contributed by atoms with Crippen LogP contribution in [-0.2, 0) is 0 Å². The van der Waals surface area contributed by atoms with Crippen molar-refractivity contribution in [2.24, 2.45) is 5.92 Å². The number of fused-ring (bicyclic) bond motifs is 1. The molecule has 2 aromatic rings. The Labute approximate surface area is 123 Å². The highest BCUT2D eigenvalue weighted by Crippen LogP contribution is 2.29. The number of aromatic carboxylic acids is 1. The SMILES string of the molecule is CC1CCC(Oc2nc(C(=O)O)nc3ccccc23)CC1. The number of carboxylic acid groups (broad SMARTS) is 1. The number of para-hydroxylation sites is 1. The number of carboxylic acids is 1. The van der Waals surface area contributed by atoms with Gasteiger partial charge in [-0.25, -0.2) is 9.78 Å². The van der Waals surface area contributed by atoms with Crippen molar-refractivity contribution >= 4 is 16.9 Å². The predicted molar refractivity (Wildman–Crippen MR) is 78.5 cm³/mol. The van der Waals surface area contributed by atoms with Crippen molar-refractivity contribution in [2.45, 2.75) is 38.7 Å². The summed E-state index contributed by atoms with van der Waals surface area (Å²) in [6.45, 7) is 2.25. The summed E-state index contributed by atoms with van der Waals surface area (Å²) in [7, 11) is 0. The lowest BCUT2D eigenvalue weighted by atomic mass is 9.89. The summed E-state index contributed by atoms with van der Waals surface area (Å²) in [5, 5.41) is 9.89. The number of rotatable bonds is 3. The summed E-state index contributed by atoms with van der Waals surface area (Å²) in [5.74, 6) is -0.227. The molecular weight excluding hydrogens is 268 g/mol. The molecule has 0 unspecified atom stereocenters. The van der Waals surface area contributed by atoms with E-state index in [-0.39, 0.29) is 11.9 Å². The molecule has 0 radical (unpaired) electrons. The molecule has 110 valence electrons. The third-order valence-corrected chi connectivity index (χ3v) is 4.00. The average molecular weight is 286 g/mol. The van der Waals surface area contributed by atoms with Gasteiger partial charge in [-0.3, -0.25) is 0 Å². The van der Waals surface area contributed by atoms with Crippen LogP contribution in [0, 0.1) is 5.92 Å². The molecular formula is C16H18N2O3. The van der Waals surface area contributed by atoms with Crippen LogP contribution in [0.3, 0.4) is 0 Å². The second kappa shape index (κ2) is 5.68. The summed E-state index contributed by atoms with van der Waals surface area (Å²) in [6.07, 6.45) is 4.36. The van der Waals surface area contributed by atoms with Gasteiger partial charge in [-0.05, 0) is 43.7 Å². The molecule has 0 atom stereocenters. The molecule has 0 bridgehead atoms. The molecule has 0 saturated heterocycles. The van der Waals surface area contributed by atoms with Gasteiger partial charge in [-0.1, -0.05) is 19.1 Å². The van der Waals surface area contributed by atoms with Crippen LogP contribution in [0.25, 0.3) is 10.9 Å². The molecule has 1 aromatic heterocycles. The second-order valence-corrected chi connectivity index (χ2v) is 5.67. The van der Waals surface area contributed by atoms with Crippen LogP contribution in [0.5, 0.6) is 5.88 Å². The number of aromatic nitrogens is 2. The first-order valence-electron chi connectivity index (χ1n) is 7.30. The molecule has 1 heterocycles. The maximum absolute atomic E-state index is 11.2. The molecule has 5 heteroatoms. The van der Waals surface area contributed by atoms with Gasteiger partial charge in [0.15, 0.2) is 0 Å². The molecule has 1 aliphatic rings. The Bertz CT molecular complexity index is 664. The van der Waals surface area contributed by atoms with E-state index in [1.807, 2.05) is 18.2 Å². The Hall–Kier alpha value is -2.17. The van der Waals surface area contributed by atoms with E-state index >= 15 is 0 Å². The van der Waals surface area contributed by atoms with Gasteiger partial charge in [0.1, 0.15) is 6.10 Å². The summed E-state index contributed by atoms with van der Waals surface area (Å²) < 4.78 is 5.99. The van der Waals surface area contributed by atoms with E-state index in [9.17, 15) is 4.79 Å². The largest absolute Gasteiger partial charge is 0.475 e. The minimum Gasteiger partial charge on any atom is -0.475 e. The number of carbonyl (C=O) groups is 1. The zero-order chi connectivity index (χ0) is 14.8. The van der Waals surface area contributed by atoms with E-state index in [0.29, 0.717) is 11.4 Å². The lowest BCUT2D eigenvalue weighted by Crippen LogP contribution is -2.24. The Kier molecular flexibility index (Phi) is 3.73. The van der Waals surface area contributed by atoms with Crippen LogP contribution in [-0.4, -0.2) is 27.1 Å². The molecule has 3 rings (SSSR count). The van der Waals surface area contributed by atoms with Crippen molar-refractivity contribution in [1.29, 1.82) is 0 Å². The minimum absolute atomic E-state index is 0.112. The zero-order valence-electron chi connectivity index (χ0n) is 12.0. The van der Waals surface area contributed by atoms with Crippen molar-refractivity contribution in [3.63, 3.8) is 0 Å². The lowest BCUT2D eigenvalue weighted by Gasteiger charge is -2.26. The third kappa shape index (κ3) is 2.96. The van der Waals surface area contributed by atoms with Crippen LogP contribution in [0.4, 0.5) is 0 Å². The minimum atomic E-state index is -1.14. The Balaban J connectivity index is 1.94. The van der Waals surface area contributed by atoms with Gasteiger partial charge in [0.2, 0.25) is 11.7 Å². The molecule has 21 heavy (non-hydrogen) atoms. The predicted octanol–water partition coefficient (Wildman–Crippen LogP) is 3.29. The zero-order valence-corrected chi connectivity index (χ0v) is 12.0. The molecule has 0 amide bonds. The van der Waals surface area contributed by atoms with Crippen LogP contribution in [0.2, 0.25) is 0 Å². The Morgan fingerprint density at radius 3 is 2.62 bits per heavy atom. The fourth-order valence-corrected chi connectivity index (χ4v) is 2.74. The van der Waals surface area contributed by atoms with Crippen molar-refractivity contribution in [2.75, 3.05) is 0 Å². The van der Waals surface area contributed by atoms with Gasteiger partial charge >= 0.3 is 5.97 Å². The van der Waals surface area contributed by atoms with Gasteiger partial charge in [-0.2, -0.15) is 4.98 Å². The third-order valence-electron chi connectivity index (χ3n) is 4.00. The highest BCUT2D eigenvalue weighted by Gasteiger charge is 2.22. The topological polar surface area (TPSA) is 72.3 Å². The second-order valence-electron chi connectivity index (χ2n) is 5.67. The smallest absolute Gasteiger partial charge is 0.374 e. The first-order valence-corrected chi connectivity index (χ1v) is 7.30. The lowest BCUT2D eigenvalue weighted by molar-refractivity contribution is 0.0680. The molecule has 0 aliphatic heterocycles. The number of benzene rings is 1. The number of nitrogens with zero attached hydrogens (tertiary/aromatic N) is 2. The van der Waals surface area contributed by atoms with Crippen LogP contribution in [0.15, 0.2) is 24.3 Å². The first kappa shape index (κ1) is 13.8. The molecule has 1 aliphatic carbocycles. The Morgan fingerprint density at radius 2 is 1.90 bits per heavy atom. The number of hydrogen-bond donors (Lipinski definition) is 1. The van der Waals surface area contributed by atoms with Crippen molar-refractivity contribution in [3.05, 3.63) is 30.1 Å². The monoisotopic (exact) mass is 286 g/mol. The van der Waals surface area contributed by atoms with Crippen LogP contribution in [0.1, 0.15) is 43.2 Å². The molecule has 5 nitrogen and oxygen atoms in total. The number of hydrogen-bond acceptors (Lipinski definition) is 4. The fourth-order valence-electron chi connectivity index (χ4n) is 2.74. The van der Waals surface area contributed by atoms with Gasteiger partial charge in [0.25, 0.3) is 0 Å². The maximum atomic E-state index is 11.2. The normalized spacial score (nSPS) is 22.1. The van der Waals surface area contributed by atoms with Crippen LogP contribution < -0.4 is 4.74 Å². The van der Waals surface area contributed by atoms with Gasteiger partial charge in [0.05, 0.1) is 10.9 Å². The van der Waals surface area contributed by atoms with Crippen molar-refractivity contribution in [3.8, 4) is 5.88 Å². The number of ether oxygens (including phenoxy) is 1. The quantitative estimate of drug-likeness (QED) is 0.937. The van der Waals surface area contributed by atoms with Crippen LogP contribution >= 0.6 is 0 Å². The molecule has 1 N–H and O–H groups in total. The van der Waals surface area contributed by atoms with E-state index < -0.39 is 5.97 Å². The molecule has 1 fully saturated rings. The van der Waals surface area contributed by atoms with Gasteiger partial charge in [-0.15, -0.1) is 0 Å². The molecule has 1 aromatic carbocycles. The van der Waals surface area contributed by atoms with Crippen molar-refractivity contribution in [1.82, 2.24) is 9.97 Å². The fraction of sp³-hybridized carbons (Fsp3) is 0.438. The standard InChI is InChI=1S/C16H18N2O3/c1-10-6-8-11(9-7-10)21-15-12-4-2-3-5-13(12)17-14(18-15)16(19)20/h2-5,10-11H,6-9H2,1H3,(H,19,20). The summed E-state index contributed by atoms with van der Waals surface area (Å²) in [4.78, 5) is 19.3. The van der Waals surface area contributed by atoms with E-state index in [0.717, 1.165) is 37.0 Å². The van der Waals surface area contributed by atoms with E-state index in [1.165, 1.54) is 0 Å². The van der Waals surface area contributed by atoms with E-state index in [2.05, 4.69) is 16.9 Å². The Morgan fingerprint density at radius 1 is 1.19 bits per heavy atom. The summed E-state index contributed by atoms with van der Waals surface area (Å²) in [6, 6.07) is 7.34. The summed E-state index contributed by atoms with van der Waals surface area (Å²) in [5.41, 5.74) is 0.601. The van der Waals surface area contributed by atoms with Gasteiger partial charge in [0, 0.05) is 0 Å². The molecule has 0 spiro atoms. The first-order chi connectivity index (χ1) is 10.1. The van der Waals surface area contributed by atoms with E-state index in [1.54, 1.807) is 6.07 Å². The molecule has 1 saturated carbocycles. The summed E-state index contributed by atoms with van der Waals surface area (Å²) >= 11 is 0. The maximum Gasteiger partial charge on any atom is 0.374 e. The average Bonchev–Trinajstić information content (AvgIpc) is 2.49. The van der Waals surface area contributed by atoms with Crippen molar-refractivity contribution < 1.29 is 14.6 Å². The van der Waals surface area contributed by atoms with Gasteiger partial charge < -0.3 is 9.84 Å².